The summed E-state index contributed by atoms with van der Waals surface area (Å²) in [7, 11) is 0. The molecule has 0 aliphatic rings. The molecule has 1 heterocycles. The molecule has 0 spiro atoms. The maximum absolute atomic E-state index is 10.7. The van der Waals surface area contributed by atoms with Crippen LogP contribution in [0, 0.1) is 21.4 Å². The van der Waals surface area contributed by atoms with E-state index in [1.165, 1.54) is 12.1 Å². The Labute approximate surface area is 109 Å². The van der Waals surface area contributed by atoms with E-state index in [1.807, 2.05) is 0 Å². The van der Waals surface area contributed by atoms with E-state index >= 15 is 0 Å². The Bertz CT molecular complexity index is 629. The van der Waals surface area contributed by atoms with Crippen LogP contribution in [0.1, 0.15) is 12.8 Å². The largest absolute Gasteiger partial charge is 0.270 e. The van der Waals surface area contributed by atoms with E-state index in [1.54, 1.807) is 23.1 Å². The molecule has 0 fully saturated rings. The Morgan fingerprint density at radius 2 is 2.32 bits per heavy atom. The first kappa shape index (κ1) is 12.7. The summed E-state index contributed by atoms with van der Waals surface area (Å²) in [5, 5.41) is 23.4. The smallest absolute Gasteiger partial charge is 0.258 e. The molecule has 0 aliphatic carbocycles. The average Bonchev–Trinajstić information content (AvgIpc) is 2.88. The molecule has 7 heteroatoms. The molecule has 0 amide bonds. The molecule has 0 bridgehead atoms. The van der Waals surface area contributed by atoms with Crippen molar-refractivity contribution in [1.29, 1.82) is 5.26 Å². The highest BCUT2D eigenvalue weighted by molar-refractivity contribution is 5.58. The van der Waals surface area contributed by atoms with Crippen LogP contribution in [0.4, 0.5) is 5.69 Å². The van der Waals surface area contributed by atoms with E-state index < -0.39 is 4.92 Å². The summed E-state index contributed by atoms with van der Waals surface area (Å²) < 4.78 is 1.63. The van der Waals surface area contributed by atoms with Gasteiger partial charge >= 0.3 is 0 Å². The van der Waals surface area contributed by atoms with E-state index in [0.29, 0.717) is 30.8 Å². The predicted molar refractivity (Wildman–Crippen MR) is 67.0 cm³/mol. The van der Waals surface area contributed by atoms with Gasteiger partial charge in [0.2, 0.25) is 0 Å². The summed E-state index contributed by atoms with van der Waals surface area (Å²) in [5.74, 6) is 0.445. The molecule has 0 saturated carbocycles. The van der Waals surface area contributed by atoms with Gasteiger partial charge in [-0.1, -0.05) is 12.1 Å². The predicted octanol–water partition coefficient (Wildman–Crippen LogP) is 2.16. The fraction of sp³-hybridized carbons (Fsp3) is 0.250. The number of nitriles is 1. The van der Waals surface area contributed by atoms with Crippen molar-refractivity contribution in [2.45, 2.75) is 19.4 Å². The van der Waals surface area contributed by atoms with Gasteiger partial charge in [-0.3, -0.25) is 14.8 Å². The van der Waals surface area contributed by atoms with Crippen LogP contribution in [0.2, 0.25) is 0 Å². The van der Waals surface area contributed by atoms with Gasteiger partial charge in [0, 0.05) is 30.7 Å². The minimum Gasteiger partial charge on any atom is -0.258 e. The van der Waals surface area contributed by atoms with Crippen molar-refractivity contribution in [2.75, 3.05) is 0 Å². The van der Waals surface area contributed by atoms with E-state index in [9.17, 15) is 10.1 Å². The van der Waals surface area contributed by atoms with Gasteiger partial charge in [-0.15, -0.1) is 0 Å². The highest BCUT2D eigenvalue weighted by Gasteiger charge is 2.10. The maximum Gasteiger partial charge on any atom is 0.270 e. The van der Waals surface area contributed by atoms with Crippen LogP contribution in [0.15, 0.2) is 30.6 Å². The summed E-state index contributed by atoms with van der Waals surface area (Å²) >= 11 is 0. The first-order chi connectivity index (χ1) is 9.20. The molecule has 0 unspecified atom stereocenters. The Morgan fingerprint density at radius 3 is 3.05 bits per heavy atom. The number of unbranched alkanes of at least 4 members (excludes halogenated alkanes) is 1. The van der Waals surface area contributed by atoms with Crippen LogP contribution in [-0.2, 0) is 6.54 Å². The van der Waals surface area contributed by atoms with Gasteiger partial charge in [-0.2, -0.15) is 10.4 Å². The van der Waals surface area contributed by atoms with Crippen molar-refractivity contribution in [3.8, 4) is 17.5 Å². The lowest BCUT2D eigenvalue weighted by molar-refractivity contribution is -0.384. The maximum atomic E-state index is 10.7. The standard InChI is InChI=1S/C12H11N5O2/c13-6-1-2-7-16-9-14-12(15-16)10-4-3-5-11(8-10)17(18)19/h3-5,8-9H,1-2,7H2. The Morgan fingerprint density at radius 1 is 1.47 bits per heavy atom. The van der Waals surface area contributed by atoms with Gasteiger partial charge in [0.1, 0.15) is 6.33 Å². The lowest BCUT2D eigenvalue weighted by Crippen LogP contribution is -1.98. The number of hydrogen-bond donors (Lipinski definition) is 0. The lowest BCUT2D eigenvalue weighted by atomic mass is 10.2. The van der Waals surface area contributed by atoms with Crippen molar-refractivity contribution in [3.63, 3.8) is 0 Å². The van der Waals surface area contributed by atoms with Gasteiger partial charge in [-0.25, -0.2) is 4.98 Å². The highest BCUT2D eigenvalue weighted by atomic mass is 16.6. The number of rotatable bonds is 5. The van der Waals surface area contributed by atoms with Crippen molar-refractivity contribution in [1.82, 2.24) is 14.8 Å². The molecule has 0 atom stereocenters. The number of aryl methyl sites for hydroxylation is 1. The molecule has 1 aromatic carbocycles. The quantitative estimate of drug-likeness (QED) is 0.464. The van der Waals surface area contributed by atoms with Crippen LogP contribution in [-0.4, -0.2) is 19.7 Å². The molecule has 0 radical (unpaired) electrons. The molecule has 1 aromatic heterocycles. The summed E-state index contributed by atoms with van der Waals surface area (Å²) in [6.07, 6.45) is 2.73. The van der Waals surface area contributed by atoms with Gasteiger partial charge in [0.15, 0.2) is 5.82 Å². The number of benzene rings is 1. The van der Waals surface area contributed by atoms with Crippen molar-refractivity contribution in [2.24, 2.45) is 0 Å². The zero-order chi connectivity index (χ0) is 13.7. The fourth-order valence-corrected chi connectivity index (χ4v) is 1.61. The van der Waals surface area contributed by atoms with Crippen molar-refractivity contribution >= 4 is 5.69 Å². The minimum absolute atomic E-state index is 0.0123. The van der Waals surface area contributed by atoms with Gasteiger partial charge < -0.3 is 0 Å². The molecule has 0 aliphatic heterocycles. The lowest BCUT2D eigenvalue weighted by Gasteiger charge is -1.97. The summed E-state index contributed by atoms with van der Waals surface area (Å²) in [6.45, 7) is 0.607. The zero-order valence-electron chi connectivity index (χ0n) is 10.1. The Balaban J connectivity index is 2.16. The van der Waals surface area contributed by atoms with E-state index in [4.69, 9.17) is 5.26 Å². The number of non-ortho nitro benzene ring substituents is 1. The van der Waals surface area contributed by atoms with Crippen LogP contribution in [0.3, 0.4) is 0 Å². The molecule has 2 rings (SSSR count). The molecule has 19 heavy (non-hydrogen) atoms. The van der Waals surface area contributed by atoms with Crippen LogP contribution in [0.5, 0.6) is 0 Å². The number of hydrogen-bond acceptors (Lipinski definition) is 5. The summed E-state index contributed by atoms with van der Waals surface area (Å²) in [6, 6.07) is 8.25. The molecule has 0 N–H and O–H groups in total. The zero-order valence-corrected chi connectivity index (χ0v) is 10.1. The van der Waals surface area contributed by atoms with Crippen LogP contribution < -0.4 is 0 Å². The Kier molecular flexibility index (Phi) is 3.83. The number of aromatic nitrogens is 3. The normalized spacial score (nSPS) is 10.1. The SMILES string of the molecule is N#CCCCn1cnc(-c2cccc([N+](=O)[O-])c2)n1. The second kappa shape index (κ2) is 5.73. The first-order valence-electron chi connectivity index (χ1n) is 5.72. The first-order valence-corrected chi connectivity index (χ1v) is 5.72. The third kappa shape index (κ3) is 3.13. The second-order valence-electron chi connectivity index (χ2n) is 3.90. The molecule has 2 aromatic rings. The van der Waals surface area contributed by atoms with Gasteiger partial charge in [0.25, 0.3) is 5.69 Å². The van der Waals surface area contributed by atoms with Gasteiger partial charge in [-0.05, 0) is 6.42 Å². The molecular formula is C12H11N5O2. The minimum atomic E-state index is -0.451. The highest BCUT2D eigenvalue weighted by Crippen LogP contribution is 2.20. The molecule has 0 saturated heterocycles. The fourth-order valence-electron chi connectivity index (χ4n) is 1.61. The monoisotopic (exact) mass is 257 g/mol. The van der Waals surface area contributed by atoms with Crippen LogP contribution >= 0.6 is 0 Å². The molecule has 7 nitrogen and oxygen atoms in total. The second-order valence-corrected chi connectivity index (χ2v) is 3.90. The number of nitrogens with zero attached hydrogens (tertiary/aromatic N) is 5. The molecule has 96 valence electrons. The topological polar surface area (TPSA) is 97.6 Å². The van der Waals surface area contributed by atoms with E-state index in [2.05, 4.69) is 16.2 Å². The van der Waals surface area contributed by atoms with E-state index in [-0.39, 0.29) is 5.69 Å². The van der Waals surface area contributed by atoms with Crippen LogP contribution in [0.25, 0.3) is 11.4 Å². The van der Waals surface area contributed by atoms with Gasteiger partial charge in [0.05, 0.1) is 11.0 Å². The third-order valence-electron chi connectivity index (χ3n) is 2.53. The van der Waals surface area contributed by atoms with Crippen molar-refractivity contribution < 1.29 is 4.92 Å². The summed E-state index contributed by atoms with van der Waals surface area (Å²) in [5.41, 5.74) is 0.617. The molecular weight excluding hydrogens is 246 g/mol. The summed E-state index contributed by atoms with van der Waals surface area (Å²) in [4.78, 5) is 14.4. The average molecular weight is 257 g/mol. The Hall–Kier alpha value is -2.75. The third-order valence-corrected chi connectivity index (χ3v) is 2.53. The van der Waals surface area contributed by atoms with Crippen molar-refractivity contribution in [3.05, 3.63) is 40.7 Å². The van der Waals surface area contributed by atoms with E-state index in [0.717, 1.165) is 0 Å². The number of nitro benzene ring substituents is 1. The number of nitro groups is 1.